The van der Waals surface area contributed by atoms with E-state index in [0.29, 0.717) is 6.42 Å². The first-order chi connectivity index (χ1) is 7.88. The number of hydrogen-bond donors (Lipinski definition) is 2. The number of thiophene rings is 1. The van der Waals surface area contributed by atoms with Gasteiger partial charge in [-0.2, -0.15) is 4.72 Å². The maximum atomic E-state index is 11.9. The first-order valence-electron chi connectivity index (χ1n) is 5.23. The summed E-state index contributed by atoms with van der Waals surface area (Å²) in [5.41, 5.74) is 5.21. The fraction of sp³-hybridized carbons (Fsp3) is 0.500. The van der Waals surface area contributed by atoms with Crippen LogP contribution in [0.3, 0.4) is 0 Å². The molecule has 3 N–H and O–H groups in total. The van der Waals surface area contributed by atoms with Crippen LogP contribution in [-0.4, -0.2) is 20.4 Å². The fourth-order valence-corrected chi connectivity index (χ4v) is 3.65. The fourth-order valence-electron chi connectivity index (χ4n) is 1.33. The summed E-state index contributed by atoms with van der Waals surface area (Å²) < 4.78 is 26.4. The van der Waals surface area contributed by atoms with Crippen LogP contribution in [0.15, 0.2) is 21.7 Å². The van der Waals surface area contributed by atoms with Crippen LogP contribution < -0.4 is 10.5 Å². The lowest BCUT2D eigenvalue weighted by atomic mass is 10.00. The Labute approximate surface area is 105 Å². The summed E-state index contributed by atoms with van der Waals surface area (Å²) in [4.78, 5) is 11.2. The minimum Gasteiger partial charge on any atom is -0.368 e. The molecule has 2 atom stereocenters. The van der Waals surface area contributed by atoms with Crippen LogP contribution >= 0.6 is 11.3 Å². The molecule has 1 aromatic heterocycles. The number of nitrogens with one attached hydrogen (secondary N) is 1. The monoisotopic (exact) mass is 276 g/mol. The zero-order chi connectivity index (χ0) is 13.1. The van der Waals surface area contributed by atoms with Gasteiger partial charge in [0.1, 0.15) is 10.3 Å². The van der Waals surface area contributed by atoms with E-state index in [1.165, 1.54) is 6.07 Å². The third-order valence-corrected chi connectivity index (χ3v) is 5.40. The highest BCUT2D eigenvalue weighted by Crippen LogP contribution is 2.17. The Morgan fingerprint density at radius 1 is 1.59 bits per heavy atom. The van der Waals surface area contributed by atoms with Crippen LogP contribution in [0.4, 0.5) is 0 Å². The molecule has 0 aliphatic carbocycles. The predicted molar refractivity (Wildman–Crippen MR) is 67.1 cm³/mol. The highest BCUT2D eigenvalue weighted by molar-refractivity contribution is 7.91. The van der Waals surface area contributed by atoms with E-state index in [1.54, 1.807) is 18.4 Å². The molecule has 96 valence electrons. The van der Waals surface area contributed by atoms with Gasteiger partial charge in [0.25, 0.3) is 10.0 Å². The maximum Gasteiger partial charge on any atom is 0.250 e. The van der Waals surface area contributed by atoms with Gasteiger partial charge in [-0.05, 0) is 17.4 Å². The van der Waals surface area contributed by atoms with E-state index < -0.39 is 22.0 Å². The van der Waals surface area contributed by atoms with Crippen molar-refractivity contribution in [2.45, 2.75) is 30.5 Å². The van der Waals surface area contributed by atoms with Crippen LogP contribution in [0.25, 0.3) is 0 Å². The Hall–Kier alpha value is -0.920. The average Bonchev–Trinajstić information content (AvgIpc) is 2.78. The van der Waals surface area contributed by atoms with Crippen LogP contribution in [0.5, 0.6) is 0 Å². The van der Waals surface area contributed by atoms with Gasteiger partial charge in [-0.15, -0.1) is 11.3 Å². The third kappa shape index (κ3) is 3.52. The van der Waals surface area contributed by atoms with Gasteiger partial charge in [0.15, 0.2) is 0 Å². The summed E-state index contributed by atoms with van der Waals surface area (Å²) >= 11 is 1.10. The average molecular weight is 276 g/mol. The zero-order valence-electron chi connectivity index (χ0n) is 9.71. The van der Waals surface area contributed by atoms with Gasteiger partial charge >= 0.3 is 0 Å². The van der Waals surface area contributed by atoms with Gasteiger partial charge < -0.3 is 5.73 Å². The standard InChI is InChI=1S/C10H16N2O3S2/c1-3-7(2)9(10(11)13)12-17(14,15)8-5-4-6-16-8/h4-7,9,12H,3H2,1-2H3,(H2,11,13)/t7-,9-/m1/s1. The number of carbonyl (C=O) groups excluding carboxylic acids is 1. The first kappa shape index (κ1) is 14.1. The normalized spacial score (nSPS) is 15.4. The number of carbonyl (C=O) groups is 1. The molecule has 0 aromatic carbocycles. The van der Waals surface area contributed by atoms with Gasteiger partial charge in [-0.25, -0.2) is 8.42 Å². The largest absolute Gasteiger partial charge is 0.368 e. The number of rotatable bonds is 6. The molecule has 5 nitrogen and oxygen atoms in total. The molecule has 0 saturated carbocycles. The Balaban J connectivity index is 2.92. The van der Waals surface area contributed by atoms with Crippen LogP contribution in [0, 0.1) is 5.92 Å². The van der Waals surface area contributed by atoms with Crippen molar-refractivity contribution in [3.05, 3.63) is 17.5 Å². The molecule has 1 heterocycles. The Kier molecular flexibility index (Phi) is 4.67. The van der Waals surface area contributed by atoms with Gasteiger partial charge in [-0.1, -0.05) is 26.3 Å². The lowest BCUT2D eigenvalue weighted by molar-refractivity contribution is -0.120. The Bertz CT molecular complexity index is 468. The van der Waals surface area contributed by atoms with E-state index >= 15 is 0 Å². The van der Waals surface area contributed by atoms with E-state index in [0.717, 1.165) is 11.3 Å². The van der Waals surface area contributed by atoms with Crippen LogP contribution in [0.2, 0.25) is 0 Å². The number of nitrogens with two attached hydrogens (primary N) is 1. The summed E-state index contributed by atoms with van der Waals surface area (Å²) in [5.74, 6) is -0.790. The molecule has 7 heteroatoms. The lowest BCUT2D eigenvalue weighted by Crippen LogP contribution is -2.48. The quantitative estimate of drug-likeness (QED) is 0.810. The molecule has 0 aliphatic heterocycles. The molecule has 1 amide bonds. The van der Waals surface area contributed by atoms with Crippen LogP contribution in [-0.2, 0) is 14.8 Å². The van der Waals surface area contributed by atoms with E-state index in [9.17, 15) is 13.2 Å². The number of hydrogen-bond acceptors (Lipinski definition) is 4. The van der Waals surface area contributed by atoms with Crippen molar-refractivity contribution >= 4 is 27.3 Å². The second kappa shape index (κ2) is 5.61. The van der Waals surface area contributed by atoms with E-state index in [1.807, 2.05) is 6.92 Å². The van der Waals surface area contributed by atoms with Crippen molar-refractivity contribution < 1.29 is 13.2 Å². The second-order valence-electron chi connectivity index (χ2n) is 3.82. The number of amides is 1. The summed E-state index contributed by atoms with van der Waals surface area (Å²) in [7, 11) is -3.65. The van der Waals surface area contributed by atoms with Crippen molar-refractivity contribution in [3.63, 3.8) is 0 Å². The molecule has 0 spiro atoms. The van der Waals surface area contributed by atoms with E-state index in [2.05, 4.69) is 4.72 Å². The summed E-state index contributed by atoms with van der Waals surface area (Å²) in [6, 6.07) is 2.26. The lowest BCUT2D eigenvalue weighted by Gasteiger charge is -2.20. The minimum absolute atomic E-state index is 0.137. The zero-order valence-corrected chi connectivity index (χ0v) is 11.3. The molecule has 0 saturated heterocycles. The molecular formula is C10H16N2O3S2. The van der Waals surface area contributed by atoms with Crippen molar-refractivity contribution in [2.24, 2.45) is 11.7 Å². The predicted octanol–water partition coefficient (Wildman–Crippen LogP) is 0.926. The molecule has 0 radical (unpaired) electrons. The van der Waals surface area contributed by atoms with Crippen molar-refractivity contribution in [1.82, 2.24) is 4.72 Å². The van der Waals surface area contributed by atoms with Gasteiger partial charge in [0.2, 0.25) is 5.91 Å². The topological polar surface area (TPSA) is 89.3 Å². The highest BCUT2D eigenvalue weighted by atomic mass is 32.2. The van der Waals surface area contributed by atoms with Crippen molar-refractivity contribution in [2.75, 3.05) is 0 Å². The first-order valence-corrected chi connectivity index (χ1v) is 7.60. The van der Waals surface area contributed by atoms with E-state index in [4.69, 9.17) is 5.73 Å². The number of sulfonamides is 1. The Morgan fingerprint density at radius 2 is 2.24 bits per heavy atom. The maximum absolute atomic E-state index is 11.9. The third-order valence-electron chi connectivity index (χ3n) is 2.56. The second-order valence-corrected chi connectivity index (χ2v) is 6.71. The summed E-state index contributed by atoms with van der Waals surface area (Å²) in [5, 5.41) is 1.66. The highest BCUT2D eigenvalue weighted by Gasteiger charge is 2.28. The molecule has 0 unspecified atom stereocenters. The van der Waals surface area contributed by atoms with Crippen molar-refractivity contribution in [1.29, 1.82) is 0 Å². The molecule has 1 aromatic rings. The number of primary amides is 1. The molecule has 0 bridgehead atoms. The molecule has 0 aliphatic rings. The van der Waals surface area contributed by atoms with Crippen LogP contribution in [0.1, 0.15) is 20.3 Å². The van der Waals surface area contributed by atoms with Gasteiger partial charge in [-0.3, -0.25) is 4.79 Å². The van der Waals surface area contributed by atoms with Gasteiger partial charge in [0, 0.05) is 0 Å². The molecular weight excluding hydrogens is 260 g/mol. The minimum atomic E-state index is -3.65. The van der Waals surface area contributed by atoms with E-state index in [-0.39, 0.29) is 10.1 Å². The molecule has 0 fully saturated rings. The SMILES string of the molecule is CC[C@@H](C)[C@@H](NS(=O)(=O)c1cccs1)C(N)=O. The molecule has 1 rings (SSSR count). The van der Waals surface area contributed by atoms with Gasteiger partial charge in [0.05, 0.1) is 0 Å². The molecule has 17 heavy (non-hydrogen) atoms. The Morgan fingerprint density at radius 3 is 2.65 bits per heavy atom. The summed E-state index contributed by atoms with van der Waals surface area (Å²) in [6.45, 7) is 3.66. The summed E-state index contributed by atoms with van der Waals surface area (Å²) in [6.07, 6.45) is 0.667. The smallest absolute Gasteiger partial charge is 0.250 e. The van der Waals surface area contributed by atoms with Crippen molar-refractivity contribution in [3.8, 4) is 0 Å².